The van der Waals surface area contributed by atoms with Crippen molar-refractivity contribution in [1.29, 1.82) is 0 Å². The summed E-state index contributed by atoms with van der Waals surface area (Å²) >= 11 is 0. The van der Waals surface area contributed by atoms with E-state index in [1.54, 1.807) is 0 Å². The monoisotopic (exact) mass is 377 g/mol. The highest BCUT2D eigenvalue weighted by Gasteiger charge is 2.25. The van der Waals surface area contributed by atoms with E-state index in [-0.39, 0.29) is 24.3 Å². The molecule has 9 nitrogen and oxygen atoms in total. The number of alkyl carbamates (subject to hydrolysis) is 1. The average molecular weight is 377 g/mol. The first-order valence-corrected chi connectivity index (χ1v) is 8.69. The Bertz CT molecular complexity index is 626. The summed E-state index contributed by atoms with van der Waals surface area (Å²) in [6.07, 6.45) is 0.225. The molecule has 1 fully saturated rings. The van der Waals surface area contributed by atoms with Crippen molar-refractivity contribution in [1.82, 2.24) is 10.6 Å². The van der Waals surface area contributed by atoms with Crippen molar-refractivity contribution in [3.63, 3.8) is 0 Å². The van der Waals surface area contributed by atoms with Gasteiger partial charge in [0, 0.05) is 17.5 Å². The summed E-state index contributed by atoms with van der Waals surface area (Å²) in [4.78, 5) is 24.1. The summed E-state index contributed by atoms with van der Waals surface area (Å²) in [5.41, 5.74) is 9.12. The quantitative estimate of drug-likeness (QED) is 0.353. The molecule has 1 aliphatic heterocycles. The first-order chi connectivity index (χ1) is 12.9. The molecule has 0 spiro atoms. The Morgan fingerprint density at radius 2 is 2.11 bits per heavy atom. The van der Waals surface area contributed by atoms with E-state index in [9.17, 15) is 9.59 Å². The lowest BCUT2D eigenvalue weighted by Crippen LogP contribution is -2.51. The highest BCUT2D eigenvalue weighted by Crippen LogP contribution is 2.09. The molecule has 1 aromatic carbocycles. The number of nitrogens with zero attached hydrogens (tertiary/aromatic N) is 3. The third-order valence-electron chi connectivity index (χ3n) is 3.57. The van der Waals surface area contributed by atoms with Gasteiger partial charge in [-0.3, -0.25) is 4.79 Å². The molecule has 0 saturated carbocycles. The molecule has 1 aromatic rings. The van der Waals surface area contributed by atoms with E-state index in [1.807, 2.05) is 51.1 Å². The van der Waals surface area contributed by atoms with Crippen molar-refractivity contribution in [2.75, 3.05) is 13.1 Å². The zero-order valence-corrected chi connectivity index (χ0v) is 15.9. The van der Waals surface area contributed by atoms with Crippen LogP contribution < -0.4 is 10.6 Å². The van der Waals surface area contributed by atoms with Crippen molar-refractivity contribution in [2.45, 2.75) is 51.5 Å². The van der Waals surface area contributed by atoms with Crippen LogP contribution in [0.2, 0.25) is 0 Å². The fraction of sp³-hybridized carbons (Fsp3) is 0.556. The second kappa shape index (κ2) is 11.8. The molecule has 0 aromatic heterocycles. The molecule has 2 N–H and O–H groups in total. The van der Waals surface area contributed by atoms with Crippen LogP contribution in [0, 0.1) is 0 Å². The summed E-state index contributed by atoms with van der Waals surface area (Å²) < 4.78 is 9.70. The van der Waals surface area contributed by atoms with Gasteiger partial charge in [0.2, 0.25) is 0 Å². The second-order valence-electron chi connectivity index (χ2n) is 6.90. The number of piperidine rings is 1. The number of amides is 1. The maximum absolute atomic E-state index is 11.7. The molecular weight excluding hydrogens is 350 g/mol. The number of nitrogens with one attached hydrogen (secondary N) is 2. The molecule has 2 rings (SSSR count). The Morgan fingerprint density at radius 3 is 2.67 bits per heavy atom. The van der Waals surface area contributed by atoms with E-state index < -0.39 is 6.09 Å². The first kappa shape index (κ1) is 22.3. The van der Waals surface area contributed by atoms with Crippen molar-refractivity contribution >= 4 is 12.6 Å². The molecule has 0 radical (unpaired) electrons. The van der Waals surface area contributed by atoms with Crippen LogP contribution in [0.1, 0.15) is 32.8 Å². The fourth-order valence-corrected chi connectivity index (χ4v) is 2.26. The zero-order valence-electron chi connectivity index (χ0n) is 15.9. The largest absolute Gasteiger partial charge is 0.462 e. The minimum Gasteiger partial charge on any atom is -0.462 e. The van der Waals surface area contributed by atoms with E-state index in [1.165, 1.54) is 0 Å². The van der Waals surface area contributed by atoms with Gasteiger partial charge < -0.3 is 20.1 Å². The molecule has 27 heavy (non-hydrogen) atoms. The highest BCUT2D eigenvalue weighted by molar-refractivity contribution is 5.67. The molecule has 9 heteroatoms. The van der Waals surface area contributed by atoms with Gasteiger partial charge >= 0.3 is 6.09 Å². The Hall–Kier alpha value is -2.77. The molecule has 0 unspecified atom stereocenters. The zero-order chi connectivity index (χ0) is 20.1. The lowest BCUT2D eigenvalue weighted by molar-refractivity contribution is -0.138. The topological polar surface area (TPSA) is 125 Å². The van der Waals surface area contributed by atoms with Crippen LogP contribution in [0.4, 0.5) is 4.79 Å². The van der Waals surface area contributed by atoms with Crippen molar-refractivity contribution < 1.29 is 19.1 Å². The smallest absolute Gasteiger partial charge is 0.407 e. The van der Waals surface area contributed by atoms with Crippen molar-refractivity contribution in [3.05, 3.63) is 46.3 Å². The Balaban J connectivity index is 0.000000445. The maximum atomic E-state index is 11.7. The number of carbonyl (C=O) groups is 2. The average Bonchev–Trinajstić information content (AvgIpc) is 2.62. The van der Waals surface area contributed by atoms with Crippen LogP contribution in [-0.4, -0.2) is 43.3 Å². The summed E-state index contributed by atoms with van der Waals surface area (Å²) in [5, 5.41) is 9.57. The van der Waals surface area contributed by atoms with Gasteiger partial charge in [0.25, 0.3) is 6.47 Å². The summed E-state index contributed by atoms with van der Waals surface area (Å²) in [7, 11) is 0. The third kappa shape index (κ3) is 10.1. The number of ether oxygens (including phenoxy) is 2. The van der Waals surface area contributed by atoms with Gasteiger partial charge in [0.05, 0.1) is 6.04 Å². The molecule has 1 amide bonds. The summed E-state index contributed by atoms with van der Waals surface area (Å²) in [5.74, 6) is 0. The van der Waals surface area contributed by atoms with Crippen LogP contribution in [0.25, 0.3) is 10.4 Å². The number of carbonyl (C=O) groups excluding carboxylic acids is 2. The number of azide groups is 1. The molecule has 0 bridgehead atoms. The van der Waals surface area contributed by atoms with Gasteiger partial charge in [-0.15, -0.1) is 0 Å². The molecule has 2 atom stereocenters. The Morgan fingerprint density at radius 1 is 1.41 bits per heavy atom. The predicted molar refractivity (Wildman–Crippen MR) is 101 cm³/mol. The second-order valence-corrected chi connectivity index (χ2v) is 6.90. The van der Waals surface area contributed by atoms with Gasteiger partial charge in [-0.1, -0.05) is 35.4 Å². The van der Waals surface area contributed by atoms with Crippen molar-refractivity contribution in [2.24, 2.45) is 5.11 Å². The number of benzene rings is 1. The van der Waals surface area contributed by atoms with Crippen LogP contribution in [0.3, 0.4) is 0 Å². The van der Waals surface area contributed by atoms with Gasteiger partial charge in [-0.25, -0.2) is 4.79 Å². The van der Waals surface area contributed by atoms with Gasteiger partial charge in [0.15, 0.2) is 0 Å². The minimum atomic E-state index is -0.487. The summed E-state index contributed by atoms with van der Waals surface area (Å²) in [6, 6.07) is 9.00. The van der Waals surface area contributed by atoms with E-state index in [2.05, 4.69) is 25.4 Å². The van der Waals surface area contributed by atoms with E-state index >= 15 is 0 Å². The van der Waals surface area contributed by atoms with Crippen molar-refractivity contribution in [3.8, 4) is 0 Å². The molecule has 1 saturated heterocycles. The normalized spacial score (nSPS) is 18.8. The van der Waals surface area contributed by atoms with E-state index in [4.69, 9.17) is 10.3 Å². The van der Waals surface area contributed by atoms with Gasteiger partial charge in [-0.05, 0) is 44.8 Å². The maximum Gasteiger partial charge on any atom is 0.407 e. The van der Waals surface area contributed by atoms with Crippen LogP contribution in [0.15, 0.2) is 35.4 Å². The van der Waals surface area contributed by atoms with Crippen LogP contribution in [-0.2, 0) is 20.9 Å². The highest BCUT2D eigenvalue weighted by atomic mass is 16.5. The first-order valence-electron chi connectivity index (χ1n) is 8.69. The predicted octanol–water partition coefficient (Wildman–Crippen LogP) is 2.91. The minimum absolute atomic E-state index is 0.185. The lowest BCUT2D eigenvalue weighted by Gasteiger charge is -2.29. The standard InChI is InChI=1S/C13H17N5O2.C5H10O2/c14-18-17-12-8-15-7-6-11(12)16-13(19)20-9-10-4-2-1-3-5-10;1-5(2,3)7-4-6/h1-5,11-12,15H,6-9H2,(H,16,19);4H,1-3H3/t11-,12+;/m0./s1. The Labute approximate surface area is 159 Å². The molecule has 1 heterocycles. The van der Waals surface area contributed by atoms with E-state index in [0.717, 1.165) is 12.1 Å². The molecule has 0 aliphatic carbocycles. The molecular formula is C18H27N5O4. The van der Waals surface area contributed by atoms with Crippen LogP contribution >= 0.6 is 0 Å². The number of rotatable bonds is 5. The van der Waals surface area contributed by atoms with Gasteiger partial charge in [-0.2, -0.15) is 0 Å². The summed E-state index contributed by atoms with van der Waals surface area (Å²) in [6.45, 7) is 7.49. The third-order valence-corrected chi connectivity index (χ3v) is 3.57. The SMILES string of the molecule is CC(C)(C)OC=O.[N-]=[N+]=N[C@@H]1CNCC[C@@H]1NC(=O)OCc1ccccc1. The van der Waals surface area contributed by atoms with Gasteiger partial charge in [0.1, 0.15) is 12.2 Å². The number of hydrogen-bond acceptors (Lipinski definition) is 6. The number of hydrogen-bond donors (Lipinski definition) is 2. The lowest BCUT2D eigenvalue weighted by atomic mass is 10.0. The molecule has 148 valence electrons. The fourth-order valence-electron chi connectivity index (χ4n) is 2.26. The Kier molecular flexibility index (Phi) is 9.71. The van der Waals surface area contributed by atoms with E-state index in [0.29, 0.717) is 19.4 Å². The van der Waals surface area contributed by atoms with Crippen LogP contribution in [0.5, 0.6) is 0 Å². The molecule has 1 aliphatic rings.